The predicted molar refractivity (Wildman–Crippen MR) is 70.3 cm³/mol. The van der Waals surface area contributed by atoms with Crippen LogP contribution in [0.2, 0.25) is 5.02 Å². The summed E-state index contributed by atoms with van der Waals surface area (Å²) in [6.07, 6.45) is 1.02. The number of rotatable bonds is 2. The molecule has 0 aromatic heterocycles. The zero-order chi connectivity index (χ0) is 14.5. The highest BCUT2D eigenvalue weighted by atomic mass is 35.5. The molecular formula is C12H12ClFN2O3S. The average molecular weight is 319 g/mol. The summed E-state index contributed by atoms with van der Waals surface area (Å²) in [4.78, 5) is 11.2. The monoisotopic (exact) mass is 318 g/mol. The van der Waals surface area contributed by atoms with Crippen LogP contribution in [-0.4, -0.2) is 37.3 Å². The summed E-state index contributed by atoms with van der Waals surface area (Å²) in [5.74, 6) is -1.24. The van der Waals surface area contributed by atoms with E-state index in [0.29, 0.717) is 12.8 Å². The highest BCUT2D eigenvalue weighted by molar-refractivity contribution is 7.89. The van der Waals surface area contributed by atoms with Crippen molar-refractivity contribution in [3.8, 4) is 0 Å². The smallest absolute Gasteiger partial charge is 0.248 e. The van der Waals surface area contributed by atoms with Gasteiger partial charge < -0.3 is 5.32 Å². The van der Waals surface area contributed by atoms with E-state index in [1.165, 1.54) is 12.1 Å². The second-order valence-electron chi connectivity index (χ2n) is 4.88. The third kappa shape index (κ3) is 1.92. The minimum absolute atomic E-state index is 0.171. The van der Waals surface area contributed by atoms with Crippen LogP contribution in [0.15, 0.2) is 23.1 Å². The molecule has 0 aliphatic carbocycles. The number of nitrogens with one attached hydrogen (secondary N) is 1. The van der Waals surface area contributed by atoms with Crippen molar-refractivity contribution in [3.05, 3.63) is 29.0 Å². The molecule has 1 amide bonds. The third-order valence-electron chi connectivity index (χ3n) is 3.71. The largest absolute Gasteiger partial charge is 0.353 e. The van der Waals surface area contributed by atoms with Crippen LogP contribution in [0.4, 0.5) is 4.39 Å². The molecule has 3 rings (SSSR count). The molecule has 2 heterocycles. The topological polar surface area (TPSA) is 66.5 Å². The van der Waals surface area contributed by atoms with Crippen molar-refractivity contribution in [3.63, 3.8) is 0 Å². The molecule has 1 aromatic carbocycles. The van der Waals surface area contributed by atoms with E-state index in [9.17, 15) is 17.6 Å². The molecule has 0 spiro atoms. The van der Waals surface area contributed by atoms with E-state index in [1.54, 1.807) is 0 Å². The van der Waals surface area contributed by atoms with Gasteiger partial charge in [-0.15, -0.1) is 0 Å². The number of amides is 1. The van der Waals surface area contributed by atoms with Crippen molar-refractivity contribution in [1.82, 2.24) is 9.62 Å². The fraction of sp³-hybridized carbons (Fsp3) is 0.417. The Hall–Kier alpha value is -1.18. The van der Waals surface area contributed by atoms with E-state index in [2.05, 4.69) is 5.32 Å². The Morgan fingerprint density at radius 2 is 2.10 bits per heavy atom. The van der Waals surface area contributed by atoms with Crippen LogP contribution in [0.3, 0.4) is 0 Å². The number of benzene rings is 1. The molecular weight excluding hydrogens is 307 g/mol. The van der Waals surface area contributed by atoms with Gasteiger partial charge in [-0.25, -0.2) is 12.8 Å². The molecule has 1 aromatic rings. The standard InChI is InChI=1S/C12H12ClFN2O3S/c13-8-2-1-3-9(14)11(8)20(18,19)16-7-4-5-10(16)12(17)15-6-7/h1-3,7,10H,4-6H2,(H,15,17). The quantitative estimate of drug-likeness (QED) is 0.889. The predicted octanol–water partition coefficient (Wildman–Crippen LogP) is 1.13. The Morgan fingerprint density at radius 3 is 2.80 bits per heavy atom. The molecule has 2 saturated heterocycles. The van der Waals surface area contributed by atoms with Crippen LogP contribution >= 0.6 is 11.6 Å². The Morgan fingerprint density at radius 1 is 1.35 bits per heavy atom. The Kier molecular flexibility index (Phi) is 3.23. The summed E-state index contributed by atoms with van der Waals surface area (Å²) in [5, 5.41) is 2.48. The van der Waals surface area contributed by atoms with Crippen molar-refractivity contribution < 1.29 is 17.6 Å². The normalized spacial score (nSPS) is 26.6. The molecule has 8 heteroatoms. The lowest BCUT2D eigenvalue weighted by Crippen LogP contribution is -2.57. The number of nitrogens with zero attached hydrogens (tertiary/aromatic N) is 1. The van der Waals surface area contributed by atoms with Gasteiger partial charge in [0.15, 0.2) is 0 Å². The van der Waals surface area contributed by atoms with E-state index in [1.807, 2.05) is 0 Å². The van der Waals surface area contributed by atoms with Crippen LogP contribution in [-0.2, 0) is 14.8 Å². The van der Waals surface area contributed by atoms with Crippen molar-refractivity contribution in [2.24, 2.45) is 0 Å². The highest BCUT2D eigenvalue weighted by Gasteiger charge is 2.49. The first-order chi connectivity index (χ1) is 9.43. The molecule has 2 aliphatic rings. The van der Waals surface area contributed by atoms with Gasteiger partial charge in [-0.1, -0.05) is 17.7 Å². The maximum Gasteiger partial charge on any atom is 0.248 e. The first-order valence-electron chi connectivity index (χ1n) is 6.18. The second-order valence-corrected chi connectivity index (χ2v) is 7.07. The number of halogens is 2. The molecule has 2 bridgehead atoms. The van der Waals surface area contributed by atoms with Crippen LogP contribution in [0.5, 0.6) is 0 Å². The van der Waals surface area contributed by atoms with E-state index in [-0.39, 0.29) is 23.5 Å². The summed E-state index contributed by atoms with van der Waals surface area (Å²) >= 11 is 5.84. The molecule has 2 aliphatic heterocycles. The lowest BCUT2D eigenvalue weighted by molar-refractivity contribution is -0.126. The molecule has 2 unspecified atom stereocenters. The molecule has 1 N–H and O–H groups in total. The average Bonchev–Trinajstić information content (AvgIpc) is 2.72. The number of hydrogen-bond donors (Lipinski definition) is 1. The molecule has 20 heavy (non-hydrogen) atoms. The Labute approximate surface area is 120 Å². The summed E-state index contributed by atoms with van der Waals surface area (Å²) < 4.78 is 40.3. The lowest BCUT2D eigenvalue weighted by Gasteiger charge is -2.33. The SMILES string of the molecule is O=C1NCC2CCC1N2S(=O)(=O)c1c(F)cccc1Cl. The van der Waals surface area contributed by atoms with E-state index in [0.717, 1.165) is 10.4 Å². The van der Waals surface area contributed by atoms with Crippen LogP contribution in [0.25, 0.3) is 0 Å². The van der Waals surface area contributed by atoms with Gasteiger partial charge in [-0.2, -0.15) is 4.31 Å². The van der Waals surface area contributed by atoms with Crippen LogP contribution in [0, 0.1) is 5.82 Å². The summed E-state index contributed by atoms with van der Waals surface area (Å²) in [7, 11) is -4.13. The molecule has 0 saturated carbocycles. The summed E-state index contributed by atoms with van der Waals surface area (Å²) in [5.41, 5.74) is 0. The maximum atomic E-state index is 13.9. The number of piperazine rings is 1. The first kappa shape index (κ1) is 13.8. The maximum absolute atomic E-state index is 13.9. The van der Waals surface area contributed by atoms with Crippen molar-refractivity contribution in [2.75, 3.05) is 6.54 Å². The molecule has 2 atom stereocenters. The fourth-order valence-corrected chi connectivity index (χ4v) is 5.24. The highest BCUT2D eigenvalue weighted by Crippen LogP contribution is 2.36. The third-order valence-corrected chi connectivity index (χ3v) is 6.17. The zero-order valence-electron chi connectivity index (χ0n) is 10.3. The van der Waals surface area contributed by atoms with Crippen molar-refractivity contribution in [1.29, 1.82) is 0 Å². The van der Waals surface area contributed by atoms with Gasteiger partial charge in [0.05, 0.1) is 5.02 Å². The lowest BCUT2D eigenvalue weighted by atomic mass is 10.2. The van der Waals surface area contributed by atoms with E-state index >= 15 is 0 Å². The molecule has 5 nitrogen and oxygen atoms in total. The van der Waals surface area contributed by atoms with Gasteiger partial charge in [0, 0.05) is 12.6 Å². The number of carbonyl (C=O) groups is 1. The van der Waals surface area contributed by atoms with Crippen LogP contribution in [0.1, 0.15) is 12.8 Å². The summed E-state index contributed by atoms with van der Waals surface area (Å²) in [6.45, 7) is 0.251. The van der Waals surface area contributed by atoms with Crippen LogP contribution < -0.4 is 5.32 Å². The second kappa shape index (κ2) is 4.68. The van der Waals surface area contributed by atoms with Gasteiger partial charge in [0.2, 0.25) is 15.9 Å². The number of fused-ring (bicyclic) bond motifs is 2. The van der Waals surface area contributed by atoms with Crippen molar-refractivity contribution >= 4 is 27.5 Å². The molecule has 108 valence electrons. The van der Waals surface area contributed by atoms with Gasteiger partial charge in [0.1, 0.15) is 16.8 Å². The minimum Gasteiger partial charge on any atom is -0.353 e. The number of hydrogen-bond acceptors (Lipinski definition) is 3. The summed E-state index contributed by atoms with van der Waals surface area (Å²) in [6, 6.07) is 2.61. The molecule has 0 radical (unpaired) electrons. The Balaban J connectivity index is 2.11. The van der Waals surface area contributed by atoms with E-state index in [4.69, 9.17) is 11.6 Å². The van der Waals surface area contributed by atoms with Gasteiger partial charge >= 0.3 is 0 Å². The zero-order valence-corrected chi connectivity index (χ0v) is 11.9. The number of sulfonamides is 1. The first-order valence-corrected chi connectivity index (χ1v) is 8.00. The van der Waals surface area contributed by atoms with Crippen molar-refractivity contribution in [2.45, 2.75) is 29.8 Å². The number of carbonyl (C=O) groups excluding carboxylic acids is 1. The minimum atomic E-state index is -4.13. The Bertz CT molecular complexity index is 659. The van der Waals surface area contributed by atoms with E-state index < -0.39 is 26.8 Å². The van der Waals surface area contributed by atoms with Gasteiger partial charge in [0.25, 0.3) is 0 Å². The van der Waals surface area contributed by atoms with Gasteiger partial charge in [-0.05, 0) is 25.0 Å². The fourth-order valence-electron chi connectivity index (χ4n) is 2.83. The molecule has 2 fully saturated rings. The van der Waals surface area contributed by atoms with Gasteiger partial charge in [-0.3, -0.25) is 4.79 Å².